The number of aromatic amines is 1. The second-order valence-electron chi connectivity index (χ2n) is 5.34. The third kappa shape index (κ3) is 2.31. The fraction of sp³-hybridized carbons (Fsp3) is 0.0588. The highest BCUT2D eigenvalue weighted by Crippen LogP contribution is 2.31. The second kappa shape index (κ2) is 5.24. The van der Waals surface area contributed by atoms with E-state index in [1.807, 2.05) is 48.5 Å². The Hall–Kier alpha value is -2.60. The highest BCUT2D eigenvalue weighted by Gasteiger charge is 2.31. The van der Waals surface area contributed by atoms with E-state index in [2.05, 4.69) is 25.9 Å². The van der Waals surface area contributed by atoms with Crippen LogP contribution < -0.4 is 4.90 Å². The zero-order valence-electron chi connectivity index (χ0n) is 12.0. The molecule has 0 saturated carbocycles. The molecular weight excluding hydrogens is 356 g/mol. The quantitative estimate of drug-likeness (QED) is 0.637. The van der Waals surface area contributed by atoms with E-state index in [0.717, 1.165) is 21.2 Å². The van der Waals surface area contributed by atoms with Crippen LogP contribution >= 0.6 is 15.9 Å². The summed E-state index contributed by atoms with van der Waals surface area (Å²) in [5.74, 6) is 0.911. The number of imidazole rings is 1. The van der Waals surface area contributed by atoms with Gasteiger partial charge in [0.15, 0.2) is 0 Å². The van der Waals surface area contributed by atoms with Gasteiger partial charge >= 0.3 is 0 Å². The molecule has 0 amide bonds. The SMILES string of the molecule is N=C1C(c2nc3ccccc3[nH]2)=C(O)CN1c1ccc(Br)cc1. The van der Waals surface area contributed by atoms with Gasteiger partial charge in [-0.1, -0.05) is 28.1 Å². The maximum absolute atomic E-state index is 10.4. The van der Waals surface area contributed by atoms with Crippen molar-refractivity contribution < 1.29 is 5.11 Å². The van der Waals surface area contributed by atoms with E-state index in [9.17, 15) is 5.11 Å². The van der Waals surface area contributed by atoms with E-state index in [-0.39, 0.29) is 18.1 Å². The Morgan fingerprint density at radius 3 is 2.61 bits per heavy atom. The van der Waals surface area contributed by atoms with Gasteiger partial charge in [-0.2, -0.15) is 0 Å². The van der Waals surface area contributed by atoms with Gasteiger partial charge in [-0.05, 0) is 36.4 Å². The number of amidine groups is 1. The standard InChI is InChI=1S/C17H13BrN4O/c18-10-5-7-11(8-6-10)22-9-14(23)15(16(22)19)17-20-12-3-1-2-4-13(12)21-17/h1-8,19,23H,9H2,(H,20,21). The lowest BCUT2D eigenvalue weighted by molar-refractivity contribution is 0.411. The highest BCUT2D eigenvalue weighted by atomic mass is 79.9. The number of para-hydroxylation sites is 2. The van der Waals surface area contributed by atoms with Gasteiger partial charge in [0.1, 0.15) is 17.4 Å². The fourth-order valence-corrected chi connectivity index (χ4v) is 3.01. The molecule has 5 nitrogen and oxygen atoms in total. The van der Waals surface area contributed by atoms with E-state index in [1.165, 1.54) is 0 Å². The topological polar surface area (TPSA) is 76.0 Å². The minimum absolute atomic E-state index is 0.150. The molecule has 0 fully saturated rings. The monoisotopic (exact) mass is 368 g/mol. The summed E-state index contributed by atoms with van der Waals surface area (Å²) in [7, 11) is 0. The zero-order chi connectivity index (χ0) is 16.0. The summed E-state index contributed by atoms with van der Waals surface area (Å²) >= 11 is 3.40. The van der Waals surface area contributed by atoms with E-state index in [0.29, 0.717) is 11.4 Å². The molecule has 0 spiro atoms. The number of aromatic nitrogens is 2. The maximum Gasteiger partial charge on any atom is 0.145 e. The average Bonchev–Trinajstić information content (AvgIpc) is 3.08. The highest BCUT2D eigenvalue weighted by molar-refractivity contribution is 9.10. The van der Waals surface area contributed by atoms with Gasteiger partial charge in [0.2, 0.25) is 0 Å². The number of nitrogens with zero attached hydrogens (tertiary/aromatic N) is 2. The van der Waals surface area contributed by atoms with Crippen LogP contribution in [0.3, 0.4) is 0 Å². The number of H-pyrrole nitrogens is 1. The van der Waals surface area contributed by atoms with Crippen LogP contribution in [0.4, 0.5) is 5.69 Å². The van der Waals surface area contributed by atoms with Crippen LogP contribution in [0.2, 0.25) is 0 Å². The first-order valence-electron chi connectivity index (χ1n) is 7.13. The Labute approximate surface area is 140 Å². The van der Waals surface area contributed by atoms with Crippen LogP contribution in [0.15, 0.2) is 58.8 Å². The van der Waals surface area contributed by atoms with Crippen LogP contribution in [0.1, 0.15) is 5.82 Å². The van der Waals surface area contributed by atoms with Crippen molar-refractivity contribution in [3.05, 3.63) is 64.6 Å². The third-order valence-electron chi connectivity index (χ3n) is 3.87. The summed E-state index contributed by atoms with van der Waals surface area (Å²) in [5.41, 5.74) is 3.01. The first-order chi connectivity index (χ1) is 11.1. The zero-order valence-corrected chi connectivity index (χ0v) is 13.6. The Kier molecular flexibility index (Phi) is 3.20. The summed E-state index contributed by atoms with van der Waals surface area (Å²) in [6.45, 7) is 0.271. The van der Waals surface area contributed by atoms with Gasteiger partial charge in [-0.15, -0.1) is 0 Å². The van der Waals surface area contributed by atoms with Crippen molar-refractivity contribution in [3.8, 4) is 0 Å². The summed E-state index contributed by atoms with van der Waals surface area (Å²) in [6.07, 6.45) is 0. The van der Waals surface area contributed by atoms with Crippen LogP contribution in [0, 0.1) is 5.41 Å². The number of nitrogens with one attached hydrogen (secondary N) is 2. The largest absolute Gasteiger partial charge is 0.509 e. The molecule has 4 rings (SSSR count). The number of rotatable bonds is 2. The number of fused-ring (bicyclic) bond motifs is 1. The number of aliphatic hydroxyl groups is 1. The Morgan fingerprint density at radius 2 is 1.87 bits per heavy atom. The molecule has 6 heteroatoms. The number of hydrogen-bond donors (Lipinski definition) is 3. The van der Waals surface area contributed by atoms with Crippen molar-refractivity contribution in [2.75, 3.05) is 11.4 Å². The van der Waals surface area contributed by atoms with Crippen molar-refractivity contribution in [1.82, 2.24) is 9.97 Å². The van der Waals surface area contributed by atoms with Crippen LogP contribution in [-0.4, -0.2) is 27.5 Å². The second-order valence-corrected chi connectivity index (χ2v) is 6.25. The first kappa shape index (κ1) is 14.0. The molecular formula is C17H13BrN4O. The third-order valence-corrected chi connectivity index (χ3v) is 4.40. The number of benzene rings is 2. The lowest BCUT2D eigenvalue weighted by atomic mass is 10.2. The molecule has 0 aliphatic carbocycles. The molecule has 23 heavy (non-hydrogen) atoms. The van der Waals surface area contributed by atoms with E-state index in [1.54, 1.807) is 4.90 Å². The van der Waals surface area contributed by atoms with Gasteiger partial charge in [0.25, 0.3) is 0 Å². The number of aliphatic hydroxyl groups excluding tert-OH is 1. The predicted molar refractivity (Wildman–Crippen MR) is 94.9 cm³/mol. The fourth-order valence-electron chi connectivity index (χ4n) is 2.74. The molecule has 0 radical (unpaired) electrons. The molecule has 1 aliphatic rings. The normalized spacial score (nSPS) is 15.0. The molecule has 114 valence electrons. The van der Waals surface area contributed by atoms with Crippen molar-refractivity contribution in [1.29, 1.82) is 5.41 Å². The minimum Gasteiger partial charge on any atom is -0.509 e. The van der Waals surface area contributed by atoms with Crippen LogP contribution in [0.5, 0.6) is 0 Å². The van der Waals surface area contributed by atoms with Crippen molar-refractivity contribution in [2.24, 2.45) is 0 Å². The molecule has 0 bridgehead atoms. The Bertz CT molecular complexity index is 910. The average molecular weight is 369 g/mol. The molecule has 3 aromatic rings. The van der Waals surface area contributed by atoms with Gasteiger partial charge in [0, 0.05) is 10.2 Å². The van der Waals surface area contributed by atoms with Gasteiger partial charge < -0.3 is 15.0 Å². The minimum atomic E-state index is 0.150. The lowest BCUT2D eigenvalue weighted by Gasteiger charge is -2.18. The molecule has 0 unspecified atom stereocenters. The lowest BCUT2D eigenvalue weighted by Crippen LogP contribution is -2.26. The van der Waals surface area contributed by atoms with Gasteiger partial charge in [0.05, 0.1) is 23.2 Å². The number of hydrogen-bond acceptors (Lipinski definition) is 3. The van der Waals surface area contributed by atoms with Gasteiger partial charge in [-0.25, -0.2) is 4.98 Å². The Morgan fingerprint density at radius 1 is 1.13 bits per heavy atom. The maximum atomic E-state index is 10.4. The van der Waals surface area contributed by atoms with Crippen molar-refractivity contribution in [2.45, 2.75) is 0 Å². The molecule has 3 N–H and O–H groups in total. The Balaban J connectivity index is 1.73. The first-order valence-corrected chi connectivity index (χ1v) is 7.92. The molecule has 2 aromatic carbocycles. The van der Waals surface area contributed by atoms with Crippen LogP contribution in [-0.2, 0) is 0 Å². The van der Waals surface area contributed by atoms with Gasteiger partial charge in [-0.3, -0.25) is 5.41 Å². The summed E-state index contributed by atoms with van der Waals surface area (Å²) < 4.78 is 0.974. The van der Waals surface area contributed by atoms with Crippen LogP contribution in [0.25, 0.3) is 16.6 Å². The molecule has 2 heterocycles. The molecule has 0 atom stereocenters. The molecule has 1 aromatic heterocycles. The summed E-state index contributed by atoms with van der Waals surface area (Å²) in [4.78, 5) is 9.42. The molecule has 1 aliphatic heterocycles. The van der Waals surface area contributed by atoms with E-state index < -0.39 is 0 Å². The summed E-state index contributed by atoms with van der Waals surface area (Å²) in [6, 6.07) is 15.3. The molecule has 0 saturated heterocycles. The number of halogens is 1. The smallest absolute Gasteiger partial charge is 0.145 e. The van der Waals surface area contributed by atoms with E-state index in [4.69, 9.17) is 5.41 Å². The van der Waals surface area contributed by atoms with Crippen molar-refractivity contribution in [3.63, 3.8) is 0 Å². The predicted octanol–water partition coefficient (Wildman–Crippen LogP) is 4.09. The summed E-state index contributed by atoms with van der Waals surface area (Å²) in [5, 5.41) is 18.8. The van der Waals surface area contributed by atoms with E-state index >= 15 is 0 Å². The van der Waals surface area contributed by atoms with Crippen molar-refractivity contribution >= 4 is 44.1 Å². The number of anilines is 1.